The zero-order valence-electron chi connectivity index (χ0n) is 12.0. The third-order valence-corrected chi connectivity index (χ3v) is 2.59. The molecule has 0 saturated heterocycles. The minimum atomic E-state index is -0.604. The highest BCUT2D eigenvalue weighted by Gasteiger charge is 2.21. The highest BCUT2D eigenvalue weighted by molar-refractivity contribution is 5.84. The number of hydrogen-bond donors (Lipinski definition) is 2. The average molecular weight is 281 g/mol. The first-order chi connectivity index (χ1) is 9.36. The number of carbonyl (C=O) groups excluding carboxylic acids is 1. The molecule has 0 fully saturated rings. The molecule has 1 heterocycles. The van der Waals surface area contributed by atoms with E-state index < -0.39 is 11.0 Å². The second kappa shape index (κ2) is 6.69. The summed E-state index contributed by atoms with van der Waals surface area (Å²) >= 11 is 0. The van der Waals surface area contributed by atoms with Crippen molar-refractivity contribution in [3.05, 3.63) is 22.2 Å². The Morgan fingerprint density at radius 2 is 2.15 bits per heavy atom. The van der Waals surface area contributed by atoms with Gasteiger partial charge in [-0.25, -0.2) is 4.98 Å². The molecule has 20 heavy (non-hydrogen) atoms. The molecule has 0 aliphatic rings. The van der Waals surface area contributed by atoms with Crippen molar-refractivity contribution in [2.24, 2.45) is 0 Å². The number of hydrogen-bond acceptors (Lipinski definition) is 6. The smallest absolute Gasteiger partial charge is 0.311 e. The number of pyridine rings is 1. The van der Waals surface area contributed by atoms with E-state index in [0.717, 1.165) is 0 Å². The van der Waals surface area contributed by atoms with Crippen LogP contribution in [0.5, 0.6) is 0 Å². The molecule has 0 bridgehead atoms. The molecule has 1 unspecified atom stereocenters. The summed E-state index contributed by atoms with van der Waals surface area (Å²) in [5, 5.41) is 16.7. The van der Waals surface area contributed by atoms with Crippen molar-refractivity contribution in [2.75, 3.05) is 31.3 Å². The number of aromatic nitrogens is 1. The maximum absolute atomic E-state index is 11.8. The van der Waals surface area contributed by atoms with Gasteiger partial charge in [0.05, 0.1) is 4.92 Å². The normalized spacial score (nSPS) is 11.6. The fourth-order valence-corrected chi connectivity index (χ4v) is 1.64. The summed E-state index contributed by atoms with van der Waals surface area (Å²) in [5.41, 5.74) is -0.162. The summed E-state index contributed by atoms with van der Waals surface area (Å²) in [6.07, 6.45) is 0. The van der Waals surface area contributed by atoms with E-state index in [1.807, 2.05) is 6.92 Å². The second-order valence-corrected chi connectivity index (χ2v) is 4.45. The Bertz CT molecular complexity index is 504. The molecule has 1 aromatic heterocycles. The minimum Gasteiger partial charge on any atom is -0.370 e. The number of carbonyl (C=O) groups is 1. The molecule has 2 N–H and O–H groups in total. The molecular weight excluding hydrogens is 262 g/mol. The quantitative estimate of drug-likeness (QED) is 0.602. The lowest BCUT2D eigenvalue weighted by atomic mass is 10.3. The maximum atomic E-state index is 11.8. The average Bonchev–Trinajstić information content (AvgIpc) is 2.37. The van der Waals surface area contributed by atoms with Gasteiger partial charge < -0.3 is 15.5 Å². The van der Waals surface area contributed by atoms with Gasteiger partial charge in [-0.1, -0.05) is 0 Å². The van der Waals surface area contributed by atoms with Gasteiger partial charge in [0.15, 0.2) is 0 Å². The fraction of sp³-hybridized carbons (Fsp3) is 0.500. The van der Waals surface area contributed by atoms with Gasteiger partial charge in [-0.05, 0) is 19.9 Å². The third kappa shape index (κ3) is 3.81. The molecule has 8 nitrogen and oxygen atoms in total. The molecule has 1 aromatic rings. The van der Waals surface area contributed by atoms with Crippen molar-refractivity contribution in [1.29, 1.82) is 0 Å². The molecule has 1 amide bonds. The summed E-state index contributed by atoms with van der Waals surface area (Å²) in [4.78, 5) is 27.8. The van der Waals surface area contributed by atoms with Crippen LogP contribution >= 0.6 is 0 Å². The standard InChI is InChI=1S/C12H19N5O3/c1-5-13-10-7-6-9(17(19)20)11(15-10)14-8(2)12(18)16(3)4/h6-8H,5H2,1-4H3,(H2,13,14,15). The van der Waals surface area contributed by atoms with Crippen LogP contribution < -0.4 is 10.6 Å². The Morgan fingerprint density at radius 1 is 1.50 bits per heavy atom. The Kier molecular flexibility index (Phi) is 5.24. The van der Waals surface area contributed by atoms with E-state index in [-0.39, 0.29) is 17.4 Å². The van der Waals surface area contributed by atoms with Gasteiger partial charge in [0, 0.05) is 26.7 Å². The van der Waals surface area contributed by atoms with E-state index in [9.17, 15) is 14.9 Å². The topological polar surface area (TPSA) is 100 Å². The van der Waals surface area contributed by atoms with Crippen molar-refractivity contribution in [1.82, 2.24) is 9.88 Å². The van der Waals surface area contributed by atoms with E-state index in [1.54, 1.807) is 21.0 Å². The first-order valence-electron chi connectivity index (χ1n) is 6.23. The van der Waals surface area contributed by atoms with E-state index in [0.29, 0.717) is 12.4 Å². The van der Waals surface area contributed by atoms with Crippen molar-refractivity contribution < 1.29 is 9.72 Å². The minimum absolute atomic E-state index is 0.0798. The van der Waals surface area contributed by atoms with Crippen LogP contribution in [0.1, 0.15) is 13.8 Å². The Hall–Kier alpha value is -2.38. The van der Waals surface area contributed by atoms with Gasteiger partial charge in [-0.15, -0.1) is 0 Å². The SMILES string of the molecule is CCNc1ccc([N+](=O)[O-])c(NC(C)C(=O)N(C)C)n1. The Morgan fingerprint density at radius 3 is 2.65 bits per heavy atom. The van der Waals surface area contributed by atoms with Crippen LogP contribution in [0.25, 0.3) is 0 Å². The molecular formula is C12H19N5O3. The number of likely N-dealkylation sites (N-methyl/N-ethyl adjacent to an activating group) is 1. The lowest BCUT2D eigenvalue weighted by Crippen LogP contribution is -2.37. The third-order valence-electron chi connectivity index (χ3n) is 2.59. The Balaban J connectivity index is 3.03. The number of amides is 1. The predicted octanol–water partition coefficient (Wildman–Crippen LogP) is 1.31. The highest BCUT2D eigenvalue weighted by atomic mass is 16.6. The molecule has 8 heteroatoms. The molecule has 1 atom stereocenters. The fourth-order valence-electron chi connectivity index (χ4n) is 1.64. The molecule has 1 rings (SSSR count). The second-order valence-electron chi connectivity index (χ2n) is 4.45. The molecule has 0 saturated carbocycles. The van der Waals surface area contributed by atoms with E-state index in [1.165, 1.54) is 17.0 Å². The largest absolute Gasteiger partial charge is 0.370 e. The summed E-state index contributed by atoms with van der Waals surface area (Å²) in [6, 6.07) is 2.29. The van der Waals surface area contributed by atoms with Crippen LogP contribution in [0, 0.1) is 10.1 Å². The van der Waals surface area contributed by atoms with Crippen molar-refractivity contribution in [3.8, 4) is 0 Å². The molecule has 0 aliphatic heterocycles. The molecule has 0 radical (unpaired) electrons. The van der Waals surface area contributed by atoms with E-state index in [2.05, 4.69) is 15.6 Å². The van der Waals surface area contributed by atoms with E-state index in [4.69, 9.17) is 0 Å². The van der Waals surface area contributed by atoms with Gasteiger partial charge in [-0.2, -0.15) is 0 Å². The number of nitrogens with one attached hydrogen (secondary N) is 2. The van der Waals surface area contributed by atoms with Gasteiger partial charge in [0.25, 0.3) is 0 Å². The first kappa shape index (κ1) is 15.7. The number of nitrogens with zero attached hydrogens (tertiary/aromatic N) is 3. The summed E-state index contributed by atoms with van der Waals surface area (Å²) < 4.78 is 0. The van der Waals surface area contributed by atoms with Gasteiger partial charge in [-0.3, -0.25) is 14.9 Å². The maximum Gasteiger partial charge on any atom is 0.311 e. The summed E-state index contributed by atoms with van der Waals surface area (Å²) in [7, 11) is 3.24. The van der Waals surface area contributed by atoms with Crippen LogP contribution in [0.4, 0.5) is 17.3 Å². The van der Waals surface area contributed by atoms with Crippen LogP contribution in [-0.4, -0.2) is 47.4 Å². The lowest BCUT2D eigenvalue weighted by Gasteiger charge is -2.18. The number of nitro groups is 1. The molecule has 110 valence electrons. The Labute approximate surface area is 117 Å². The summed E-state index contributed by atoms with van der Waals surface area (Å²) in [5.74, 6) is 0.413. The van der Waals surface area contributed by atoms with Gasteiger partial charge in [0.2, 0.25) is 11.7 Å². The zero-order valence-corrected chi connectivity index (χ0v) is 12.0. The van der Waals surface area contributed by atoms with Crippen molar-refractivity contribution in [2.45, 2.75) is 19.9 Å². The zero-order chi connectivity index (χ0) is 15.3. The van der Waals surface area contributed by atoms with Gasteiger partial charge >= 0.3 is 5.69 Å². The van der Waals surface area contributed by atoms with Crippen molar-refractivity contribution >= 4 is 23.2 Å². The number of anilines is 2. The lowest BCUT2D eigenvalue weighted by molar-refractivity contribution is -0.384. The van der Waals surface area contributed by atoms with Crippen molar-refractivity contribution in [3.63, 3.8) is 0 Å². The van der Waals surface area contributed by atoms with Crippen LogP contribution in [-0.2, 0) is 4.79 Å². The highest BCUT2D eigenvalue weighted by Crippen LogP contribution is 2.24. The number of rotatable bonds is 6. The summed E-state index contributed by atoms with van der Waals surface area (Å²) in [6.45, 7) is 4.18. The first-order valence-corrected chi connectivity index (χ1v) is 6.23. The molecule has 0 aromatic carbocycles. The van der Waals surface area contributed by atoms with Crippen LogP contribution in [0.3, 0.4) is 0 Å². The molecule has 0 aliphatic carbocycles. The van der Waals surface area contributed by atoms with Gasteiger partial charge in [0.1, 0.15) is 11.9 Å². The molecule has 0 spiro atoms. The predicted molar refractivity (Wildman–Crippen MR) is 76.8 cm³/mol. The van der Waals surface area contributed by atoms with E-state index >= 15 is 0 Å². The van der Waals surface area contributed by atoms with Crippen LogP contribution in [0.15, 0.2) is 12.1 Å². The van der Waals surface area contributed by atoms with Crippen LogP contribution in [0.2, 0.25) is 0 Å². The monoisotopic (exact) mass is 281 g/mol.